The van der Waals surface area contributed by atoms with Crippen molar-refractivity contribution in [2.24, 2.45) is 5.92 Å². The Morgan fingerprint density at radius 1 is 1.06 bits per heavy atom. The molecule has 0 fully saturated rings. The molecular weight excluding hydrogens is 458 g/mol. The molecule has 0 saturated carbocycles. The summed E-state index contributed by atoms with van der Waals surface area (Å²) in [5, 5.41) is 10.7. The van der Waals surface area contributed by atoms with Gasteiger partial charge in [-0.15, -0.1) is 0 Å². The zero-order chi connectivity index (χ0) is 22.4. The second-order valence-corrected chi connectivity index (χ2v) is 8.05. The lowest BCUT2D eigenvalue weighted by Crippen LogP contribution is -2.45. The van der Waals surface area contributed by atoms with Gasteiger partial charge in [0.2, 0.25) is 5.82 Å². The number of ketones is 1. The average molecular weight is 478 g/mol. The first-order chi connectivity index (χ1) is 14.9. The van der Waals surface area contributed by atoms with E-state index in [-0.39, 0.29) is 23.4 Å². The highest BCUT2D eigenvalue weighted by atomic mass is 79.9. The topological polar surface area (TPSA) is 99.0 Å². The minimum atomic E-state index is -0.358. The van der Waals surface area contributed by atoms with Crippen LogP contribution in [0.4, 0.5) is 5.82 Å². The Labute approximate surface area is 188 Å². The van der Waals surface area contributed by atoms with Gasteiger partial charge in [0.25, 0.3) is 5.91 Å². The van der Waals surface area contributed by atoms with Crippen LogP contribution in [0.15, 0.2) is 65.3 Å². The number of nitrogens with zero attached hydrogens (tertiary/aromatic N) is 4. The molecule has 1 heterocycles. The first-order valence-corrected chi connectivity index (χ1v) is 10.4. The minimum absolute atomic E-state index is 0.00461. The van der Waals surface area contributed by atoms with Crippen molar-refractivity contribution in [1.82, 2.24) is 15.4 Å². The first-order valence-electron chi connectivity index (χ1n) is 9.60. The number of amides is 1. The van der Waals surface area contributed by atoms with E-state index >= 15 is 0 Å². The zero-order valence-corrected chi connectivity index (χ0v) is 18.6. The number of nitriles is 1. The van der Waals surface area contributed by atoms with Gasteiger partial charge in [-0.3, -0.25) is 20.0 Å². The Kier molecular flexibility index (Phi) is 7.11. The first kappa shape index (κ1) is 22.1. The molecule has 1 aromatic heterocycles. The van der Waals surface area contributed by atoms with Crippen molar-refractivity contribution < 1.29 is 9.59 Å². The number of halogens is 1. The summed E-state index contributed by atoms with van der Waals surface area (Å²) < 4.78 is 0.552. The molecule has 0 aliphatic rings. The molecule has 31 heavy (non-hydrogen) atoms. The van der Waals surface area contributed by atoms with Gasteiger partial charge in [-0.05, 0) is 34.0 Å². The summed E-state index contributed by atoms with van der Waals surface area (Å²) in [5.41, 5.74) is 4.31. The van der Waals surface area contributed by atoms with Crippen LogP contribution in [0.5, 0.6) is 0 Å². The van der Waals surface area contributed by atoms with E-state index in [1.165, 1.54) is 6.20 Å². The van der Waals surface area contributed by atoms with Crippen molar-refractivity contribution in [1.29, 1.82) is 5.26 Å². The smallest absolute Gasteiger partial charge is 0.269 e. The van der Waals surface area contributed by atoms with E-state index in [4.69, 9.17) is 5.26 Å². The Balaban J connectivity index is 1.81. The van der Waals surface area contributed by atoms with Crippen LogP contribution in [0.25, 0.3) is 0 Å². The fraction of sp³-hybridized carbons (Fsp3) is 0.174. The van der Waals surface area contributed by atoms with Gasteiger partial charge in [0.1, 0.15) is 6.07 Å². The Bertz CT molecular complexity index is 1120. The van der Waals surface area contributed by atoms with Crippen LogP contribution < -0.4 is 10.4 Å². The van der Waals surface area contributed by atoms with Gasteiger partial charge in [0.15, 0.2) is 11.6 Å². The van der Waals surface area contributed by atoms with Gasteiger partial charge in [0, 0.05) is 29.4 Å². The van der Waals surface area contributed by atoms with Crippen LogP contribution in [-0.4, -0.2) is 28.2 Å². The standard InChI is InChI=1S/C23H20BrN5O2/c1-15(2)14-29(22-19(24)13-26-20(12-25)27-22)28-23(31)18-10-8-17(9-11-18)21(30)16-6-4-3-5-7-16/h3-11,13,15H,14H2,1-2H3,(H,28,31). The number of carbonyl (C=O) groups is 2. The lowest BCUT2D eigenvalue weighted by molar-refractivity contribution is 0.0945. The molecular formula is C23H20BrN5O2. The summed E-state index contributed by atoms with van der Waals surface area (Å²) in [5.74, 6) is 0.138. The number of hydrogen-bond donors (Lipinski definition) is 1. The Morgan fingerprint density at radius 2 is 1.68 bits per heavy atom. The predicted molar refractivity (Wildman–Crippen MR) is 120 cm³/mol. The van der Waals surface area contributed by atoms with Crippen LogP contribution in [-0.2, 0) is 0 Å². The van der Waals surface area contributed by atoms with Gasteiger partial charge in [0.05, 0.1) is 4.47 Å². The van der Waals surface area contributed by atoms with E-state index in [1.54, 1.807) is 53.5 Å². The van der Waals surface area contributed by atoms with Gasteiger partial charge < -0.3 is 0 Å². The largest absolute Gasteiger partial charge is 0.289 e. The van der Waals surface area contributed by atoms with Gasteiger partial charge >= 0.3 is 0 Å². The molecule has 0 unspecified atom stereocenters. The van der Waals surface area contributed by atoms with Crippen molar-refractivity contribution in [2.75, 3.05) is 11.6 Å². The van der Waals surface area contributed by atoms with E-state index in [1.807, 2.05) is 26.0 Å². The van der Waals surface area contributed by atoms with Gasteiger partial charge in [-0.1, -0.05) is 56.3 Å². The van der Waals surface area contributed by atoms with Crippen molar-refractivity contribution in [2.45, 2.75) is 13.8 Å². The summed E-state index contributed by atoms with van der Waals surface area (Å²) >= 11 is 3.38. The summed E-state index contributed by atoms with van der Waals surface area (Å²) in [7, 11) is 0. The molecule has 1 amide bonds. The molecule has 0 atom stereocenters. The number of nitrogens with one attached hydrogen (secondary N) is 1. The number of rotatable bonds is 7. The van der Waals surface area contributed by atoms with Crippen molar-refractivity contribution in [3.63, 3.8) is 0 Å². The molecule has 2 aromatic carbocycles. The molecule has 0 bridgehead atoms. The summed E-state index contributed by atoms with van der Waals surface area (Å²) in [6.07, 6.45) is 1.48. The molecule has 7 nitrogen and oxygen atoms in total. The van der Waals surface area contributed by atoms with Gasteiger partial charge in [-0.25, -0.2) is 4.98 Å². The third kappa shape index (κ3) is 5.53. The van der Waals surface area contributed by atoms with Crippen LogP contribution in [0.3, 0.4) is 0 Å². The second kappa shape index (κ2) is 9.96. The minimum Gasteiger partial charge on any atom is -0.289 e. The van der Waals surface area contributed by atoms with Crippen LogP contribution >= 0.6 is 15.9 Å². The lowest BCUT2D eigenvalue weighted by atomic mass is 10.0. The second-order valence-electron chi connectivity index (χ2n) is 7.19. The molecule has 3 rings (SSSR count). The van der Waals surface area contributed by atoms with Crippen LogP contribution in [0.1, 0.15) is 46.0 Å². The third-order valence-electron chi connectivity index (χ3n) is 4.31. The van der Waals surface area contributed by atoms with Gasteiger partial charge in [-0.2, -0.15) is 10.2 Å². The number of hydrogen-bond acceptors (Lipinski definition) is 6. The molecule has 156 valence electrons. The summed E-state index contributed by atoms with van der Waals surface area (Å²) in [6.45, 7) is 4.48. The highest BCUT2D eigenvalue weighted by Gasteiger charge is 2.19. The fourth-order valence-electron chi connectivity index (χ4n) is 2.87. The van der Waals surface area contributed by atoms with Crippen LogP contribution in [0, 0.1) is 17.2 Å². The average Bonchev–Trinajstić information content (AvgIpc) is 2.79. The predicted octanol–water partition coefficient (Wildman–Crippen LogP) is 4.15. The maximum Gasteiger partial charge on any atom is 0.269 e. The monoisotopic (exact) mass is 477 g/mol. The maximum atomic E-state index is 12.9. The fourth-order valence-corrected chi connectivity index (χ4v) is 3.27. The zero-order valence-electron chi connectivity index (χ0n) is 17.0. The molecule has 0 saturated heterocycles. The molecule has 8 heteroatoms. The number of carbonyl (C=O) groups excluding carboxylic acids is 2. The number of aromatic nitrogens is 2. The van der Waals surface area contributed by atoms with Crippen molar-refractivity contribution in [3.05, 3.63) is 87.8 Å². The van der Waals surface area contributed by atoms with Crippen molar-refractivity contribution in [3.8, 4) is 6.07 Å². The number of anilines is 1. The number of benzene rings is 2. The number of hydrazine groups is 1. The van der Waals surface area contributed by atoms with Crippen molar-refractivity contribution >= 4 is 33.4 Å². The summed E-state index contributed by atoms with van der Waals surface area (Å²) in [6, 6.07) is 17.3. The molecule has 1 N–H and O–H groups in total. The molecule has 3 aromatic rings. The molecule has 0 aliphatic heterocycles. The molecule has 0 aliphatic carbocycles. The molecule has 0 radical (unpaired) electrons. The highest BCUT2D eigenvalue weighted by Crippen LogP contribution is 2.23. The lowest BCUT2D eigenvalue weighted by Gasteiger charge is -2.26. The van der Waals surface area contributed by atoms with Crippen LogP contribution in [0.2, 0.25) is 0 Å². The highest BCUT2D eigenvalue weighted by molar-refractivity contribution is 9.10. The SMILES string of the molecule is CC(C)CN(NC(=O)c1ccc(C(=O)c2ccccc2)cc1)c1nc(C#N)ncc1Br. The van der Waals surface area contributed by atoms with E-state index in [0.717, 1.165) is 0 Å². The Morgan fingerprint density at radius 3 is 2.29 bits per heavy atom. The normalized spacial score (nSPS) is 10.4. The molecule has 0 spiro atoms. The van der Waals surface area contributed by atoms with E-state index in [0.29, 0.717) is 33.5 Å². The third-order valence-corrected chi connectivity index (χ3v) is 4.87. The van der Waals surface area contributed by atoms with E-state index < -0.39 is 0 Å². The van der Waals surface area contributed by atoms with E-state index in [9.17, 15) is 9.59 Å². The maximum absolute atomic E-state index is 12.9. The quantitative estimate of drug-likeness (QED) is 0.405. The van der Waals surface area contributed by atoms with E-state index in [2.05, 4.69) is 31.3 Å². The summed E-state index contributed by atoms with van der Waals surface area (Å²) in [4.78, 5) is 33.5. The Hall–Kier alpha value is -3.57.